The monoisotopic (exact) mass is 212 g/mol. The van der Waals surface area contributed by atoms with E-state index in [1.54, 1.807) is 24.3 Å². The molecule has 0 aromatic heterocycles. The minimum Gasteiger partial charge on any atom is -0.196 e. The van der Waals surface area contributed by atoms with Crippen molar-refractivity contribution in [1.29, 1.82) is 21.0 Å². The summed E-state index contributed by atoms with van der Waals surface area (Å²) in [4.78, 5) is 0. The lowest BCUT2D eigenvalue weighted by atomic mass is 9.66. The van der Waals surface area contributed by atoms with Gasteiger partial charge in [-0.2, -0.15) is 21.0 Å². The average Bonchev–Trinajstić information content (AvgIpc) is 2.34. The zero-order chi connectivity index (χ0) is 12.7. The van der Waals surface area contributed by atoms with Crippen LogP contribution in [0.25, 0.3) is 0 Å². The van der Waals surface area contributed by atoms with Crippen LogP contribution >= 0.6 is 0 Å². The molecule has 16 heavy (non-hydrogen) atoms. The van der Waals surface area contributed by atoms with Gasteiger partial charge in [-0.15, -0.1) is 0 Å². The van der Waals surface area contributed by atoms with E-state index in [-0.39, 0.29) is 6.42 Å². The van der Waals surface area contributed by atoms with Crippen LogP contribution in [0.2, 0.25) is 0 Å². The highest BCUT2D eigenvalue weighted by Crippen LogP contribution is 2.40. The third-order valence-corrected chi connectivity index (χ3v) is 2.51. The Bertz CT molecular complexity index is 406. The van der Waals surface area contributed by atoms with Gasteiger partial charge in [0.25, 0.3) is 0 Å². The van der Waals surface area contributed by atoms with E-state index in [4.69, 9.17) is 21.0 Å². The van der Waals surface area contributed by atoms with Crippen molar-refractivity contribution in [3.05, 3.63) is 12.2 Å². The van der Waals surface area contributed by atoms with Crippen LogP contribution in [0, 0.1) is 56.2 Å². The number of hydrogen-bond donors (Lipinski definition) is 0. The summed E-state index contributed by atoms with van der Waals surface area (Å²) >= 11 is 0. The largest absolute Gasteiger partial charge is 0.196 e. The summed E-state index contributed by atoms with van der Waals surface area (Å²) in [7, 11) is 0. The Hall–Kier alpha value is -2.30. The predicted molar refractivity (Wildman–Crippen MR) is 57.0 cm³/mol. The minimum absolute atomic E-state index is 0.0888. The third-order valence-electron chi connectivity index (χ3n) is 2.51. The maximum Gasteiger partial charge on any atom is 0.178 e. The van der Waals surface area contributed by atoms with Crippen molar-refractivity contribution in [2.75, 3.05) is 0 Å². The first kappa shape index (κ1) is 13.7. The molecule has 0 saturated carbocycles. The molecule has 0 unspecified atom stereocenters. The molecule has 0 aromatic rings. The van der Waals surface area contributed by atoms with Gasteiger partial charge >= 0.3 is 0 Å². The molecular weight excluding hydrogens is 200 g/mol. The normalized spacial score (nSPS) is 11.1. The molecule has 0 spiro atoms. The van der Waals surface area contributed by atoms with Gasteiger partial charge in [0, 0.05) is 0 Å². The fraction of sp³-hybridized carbons (Fsp3) is 0.500. The highest BCUT2D eigenvalue weighted by molar-refractivity contribution is 5.34. The van der Waals surface area contributed by atoms with E-state index in [1.807, 2.05) is 19.1 Å². The quantitative estimate of drug-likeness (QED) is 0.668. The van der Waals surface area contributed by atoms with E-state index >= 15 is 0 Å². The van der Waals surface area contributed by atoms with Crippen LogP contribution in [-0.2, 0) is 0 Å². The molecule has 0 N–H and O–H groups in total. The SMILES string of the molecule is CCC=CCC(C#N)(C#N)C(C)(C#N)C#N. The molecule has 4 nitrogen and oxygen atoms in total. The maximum atomic E-state index is 9.07. The van der Waals surface area contributed by atoms with Gasteiger partial charge in [-0.3, -0.25) is 0 Å². The molecular formula is C12H12N4. The molecule has 0 atom stereocenters. The van der Waals surface area contributed by atoms with Crippen molar-refractivity contribution in [1.82, 2.24) is 0 Å². The summed E-state index contributed by atoms with van der Waals surface area (Å²) in [6.07, 6.45) is 4.34. The minimum atomic E-state index is -1.62. The smallest absolute Gasteiger partial charge is 0.178 e. The topological polar surface area (TPSA) is 95.2 Å². The van der Waals surface area contributed by atoms with Gasteiger partial charge < -0.3 is 0 Å². The van der Waals surface area contributed by atoms with Crippen LogP contribution in [0.15, 0.2) is 12.2 Å². The van der Waals surface area contributed by atoms with Gasteiger partial charge in [0.1, 0.15) is 0 Å². The Morgan fingerprint density at radius 2 is 1.44 bits per heavy atom. The lowest BCUT2D eigenvalue weighted by Crippen LogP contribution is -2.35. The second-order valence-corrected chi connectivity index (χ2v) is 3.56. The lowest BCUT2D eigenvalue weighted by molar-refractivity contribution is 0.330. The molecule has 0 bridgehead atoms. The van der Waals surface area contributed by atoms with E-state index < -0.39 is 10.8 Å². The van der Waals surface area contributed by atoms with Crippen molar-refractivity contribution in [2.45, 2.75) is 26.7 Å². The Balaban J connectivity index is 5.42. The van der Waals surface area contributed by atoms with Crippen LogP contribution < -0.4 is 0 Å². The molecule has 0 aromatic carbocycles. The van der Waals surface area contributed by atoms with Crippen molar-refractivity contribution < 1.29 is 0 Å². The second kappa shape index (κ2) is 5.55. The molecule has 0 aliphatic carbocycles. The Morgan fingerprint density at radius 3 is 1.75 bits per heavy atom. The standard InChI is InChI=1S/C12H12N4/c1-3-4-5-6-12(9-15,10-16)11(2,7-13)8-14/h4-5H,3,6H2,1-2H3. The van der Waals surface area contributed by atoms with Gasteiger partial charge in [-0.25, -0.2) is 0 Å². The van der Waals surface area contributed by atoms with E-state index in [0.29, 0.717) is 0 Å². The molecule has 80 valence electrons. The van der Waals surface area contributed by atoms with Crippen LogP contribution in [0.1, 0.15) is 26.7 Å². The number of allylic oxidation sites excluding steroid dienone is 2. The van der Waals surface area contributed by atoms with E-state index in [1.165, 1.54) is 6.92 Å². The van der Waals surface area contributed by atoms with E-state index in [2.05, 4.69) is 0 Å². The van der Waals surface area contributed by atoms with Crippen molar-refractivity contribution in [3.63, 3.8) is 0 Å². The summed E-state index contributed by atoms with van der Waals surface area (Å²) in [5, 5.41) is 36.0. The first-order valence-corrected chi connectivity index (χ1v) is 4.85. The number of nitrogens with zero attached hydrogens (tertiary/aromatic N) is 4. The van der Waals surface area contributed by atoms with Crippen LogP contribution in [-0.4, -0.2) is 0 Å². The molecule has 0 heterocycles. The Morgan fingerprint density at radius 1 is 0.938 bits per heavy atom. The fourth-order valence-corrected chi connectivity index (χ4v) is 1.19. The Labute approximate surface area is 95.6 Å². The van der Waals surface area contributed by atoms with E-state index in [9.17, 15) is 0 Å². The molecule has 4 heteroatoms. The molecule has 0 aliphatic heterocycles. The van der Waals surface area contributed by atoms with Gasteiger partial charge in [-0.1, -0.05) is 19.1 Å². The first-order chi connectivity index (χ1) is 7.55. The zero-order valence-electron chi connectivity index (χ0n) is 9.36. The third kappa shape index (κ3) is 2.20. The predicted octanol–water partition coefficient (Wildman–Crippen LogP) is 2.43. The zero-order valence-corrected chi connectivity index (χ0v) is 9.36. The summed E-state index contributed by atoms with van der Waals surface area (Å²) < 4.78 is 0. The van der Waals surface area contributed by atoms with Crippen LogP contribution in [0.4, 0.5) is 0 Å². The molecule has 0 aliphatic rings. The molecule has 0 saturated heterocycles. The van der Waals surface area contributed by atoms with Crippen LogP contribution in [0.3, 0.4) is 0 Å². The molecule has 0 amide bonds. The van der Waals surface area contributed by atoms with Gasteiger partial charge in [-0.05, 0) is 19.8 Å². The lowest BCUT2D eigenvalue weighted by Gasteiger charge is -2.26. The molecule has 0 rings (SSSR count). The molecule has 0 radical (unpaired) electrons. The summed E-state index contributed by atoms with van der Waals surface area (Å²) in [5.41, 5.74) is -3.23. The average molecular weight is 212 g/mol. The molecule has 0 fully saturated rings. The van der Waals surface area contributed by atoms with Gasteiger partial charge in [0.05, 0.1) is 24.3 Å². The number of hydrogen-bond acceptors (Lipinski definition) is 4. The highest BCUT2D eigenvalue weighted by Gasteiger charge is 2.50. The van der Waals surface area contributed by atoms with Crippen molar-refractivity contribution in [2.24, 2.45) is 10.8 Å². The summed E-state index contributed by atoms with van der Waals surface area (Å²) in [5.74, 6) is 0. The number of rotatable bonds is 4. The fourth-order valence-electron chi connectivity index (χ4n) is 1.19. The second-order valence-electron chi connectivity index (χ2n) is 3.56. The van der Waals surface area contributed by atoms with Crippen molar-refractivity contribution >= 4 is 0 Å². The van der Waals surface area contributed by atoms with Gasteiger partial charge in [0.2, 0.25) is 0 Å². The first-order valence-electron chi connectivity index (χ1n) is 4.85. The van der Waals surface area contributed by atoms with Crippen LogP contribution in [0.5, 0.6) is 0 Å². The van der Waals surface area contributed by atoms with Gasteiger partial charge in [0.15, 0.2) is 10.8 Å². The maximum absolute atomic E-state index is 9.07. The summed E-state index contributed by atoms with van der Waals surface area (Å²) in [6, 6.07) is 7.13. The van der Waals surface area contributed by atoms with Crippen molar-refractivity contribution in [3.8, 4) is 24.3 Å². The number of nitriles is 4. The summed E-state index contributed by atoms with van der Waals surface area (Å²) in [6.45, 7) is 3.24. The van der Waals surface area contributed by atoms with E-state index in [0.717, 1.165) is 6.42 Å². The highest BCUT2D eigenvalue weighted by atomic mass is 14.5. The Kier molecular flexibility index (Phi) is 4.75.